The highest BCUT2D eigenvalue weighted by Crippen LogP contribution is 2.37. The zero-order chi connectivity index (χ0) is 19.8. The zero-order valence-corrected chi connectivity index (χ0v) is 16.0. The van der Waals surface area contributed by atoms with E-state index in [9.17, 15) is 9.59 Å². The number of ether oxygens (including phenoxy) is 1. The van der Waals surface area contributed by atoms with E-state index in [1.807, 2.05) is 0 Å². The molecule has 1 aromatic carbocycles. The van der Waals surface area contributed by atoms with Crippen molar-refractivity contribution in [1.29, 1.82) is 0 Å². The van der Waals surface area contributed by atoms with Gasteiger partial charge in [0.05, 0.1) is 10.6 Å². The summed E-state index contributed by atoms with van der Waals surface area (Å²) in [6.45, 7) is 0. The molecule has 0 saturated heterocycles. The summed E-state index contributed by atoms with van der Waals surface area (Å²) in [5.41, 5.74) is 1.19. The number of pyridine rings is 2. The Labute approximate surface area is 169 Å². The summed E-state index contributed by atoms with van der Waals surface area (Å²) in [4.78, 5) is 34.9. The number of halogens is 2. The number of carbonyl (C=O) groups is 2. The van der Waals surface area contributed by atoms with E-state index in [2.05, 4.69) is 15.3 Å². The number of hydrogen-bond donors (Lipinski definition) is 1. The molecule has 0 bridgehead atoms. The van der Waals surface area contributed by atoms with Crippen LogP contribution in [0.4, 0.5) is 11.4 Å². The zero-order valence-electron chi connectivity index (χ0n) is 14.4. The molecule has 3 aromatic rings. The first kappa shape index (κ1) is 18.2. The summed E-state index contributed by atoms with van der Waals surface area (Å²) in [5, 5.41) is 2.98. The second-order valence-electron chi connectivity index (χ2n) is 5.92. The van der Waals surface area contributed by atoms with Crippen LogP contribution in [-0.4, -0.2) is 28.8 Å². The Morgan fingerprint density at radius 2 is 2.00 bits per heavy atom. The number of benzene rings is 1. The minimum atomic E-state index is -0.548. The van der Waals surface area contributed by atoms with Crippen molar-refractivity contribution < 1.29 is 14.3 Å². The van der Waals surface area contributed by atoms with E-state index in [4.69, 9.17) is 27.9 Å². The van der Waals surface area contributed by atoms with Crippen LogP contribution < -0.4 is 15.0 Å². The molecular formula is C19H12Cl2N4O3. The maximum atomic E-state index is 12.9. The molecule has 7 nitrogen and oxygen atoms in total. The molecule has 0 aliphatic carbocycles. The number of nitrogens with zero attached hydrogens (tertiary/aromatic N) is 3. The average Bonchev–Trinajstić information content (AvgIpc) is 2.79. The highest BCUT2D eigenvalue weighted by atomic mass is 35.5. The number of amides is 2. The molecule has 2 amide bonds. The Bertz CT molecular complexity index is 1120. The first-order valence-corrected chi connectivity index (χ1v) is 8.88. The average molecular weight is 415 g/mol. The molecule has 0 radical (unpaired) electrons. The fourth-order valence-corrected chi connectivity index (χ4v) is 3.08. The lowest BCUT2D eigenvalue weighted by molar-refractivity contribution is 0.0989. The number of anilines is 2. The first-order valence-electron chi connectivity index (χ1n) is 8.12. The molecule has 0 spiro atoms. The first-order chi connectivity index (χ1) is 13.4. The molecule has 28 heavy (non-hydrogen) atoms. The van der Waals surface area contributed by atoms with Crippen LogP contribution in [0.15, 0.2) is 48.7 Å². The maximum Gasteiger partial charge on any atom is 0.275 e. The van der Waals surface area contributed by atoms with Crippen LogP contribution >= 0.6 is 23.2 Å². The van der Waals surface area contributed by atoms with Crippen molar-refractivity contribution in [3.63, 3.8) is 0 Å². The molecule has 1 aliphatic rings. The molecule has 9 heteroatoms. The van der Waals surface area contributed by atoms with Crippen LogP contribution in [0.2, 0.25) is 10.2 Å². The van der Waals surface area contributed by atoms with Gasteiger partial charge < -0.3 is 15.0 Å². The fourth-order valence-electron chi connectivity index (χ4n) is 2.74. The molecular weight excluding hydrogens is 403 g/mol. The maximum absolute atomic E-state index is 12.9. The minimum Gasteiger partial charge on any atom is -0.436 e. The van der Waals surface area contributed by atoms with E-state index in [1.54, 1.807) is 37.5 Å². The van der Waals surface area contributed by atoms with E-state index in [0.29, 0.717) is 23.0 Å². The normalized spacial score (nSPS) is 12.5. The number of carbonyl (C=O) groups excluding carboxylic acids is 2. The van der Waals surface area contributed by atoms with Gasteiger partial charge in [-0.2, -0.15) is 0 Å². The highest BCUT2D eigenvalue weighted by molar-refractivity contribution is 6.35. The number of nitrogens with one attached hydrogen (secondary N) is 1. The standard InChI is InChI=1S/C19H12Cl2N4O3/c1-25-13-3-2-8-22-18(13)28-14-6-4-10(9-11(14)19(25)27)23-17(26)16-12(20)5-7-15(21)24-16/h2-9H,1H3,(H,23,26). The van der Waals surface area contributed by atoms with Gasteiger partial charge in [0, 0.05) is 18.9 Å². The number of rotatable bonds is 2. The third-order valence-corrected chi connectivity index (χ3v) is 4.63. The van der Waals surface area contributed by atoms with Crippen LogP contribution in [0.3, 0.4) is 0 Å². The molecule has 4 rings (SSSR count). The lowest BCUT2D eigenvalue weighted by atomic mass is 10.1. The van der Waals surface area contributed by atoms with Crippen LogP contribution in [0.5, 0.6) is 11.6 Å². The molecule has 0 saturated carbocycles. The van der Waals surface area contributed by atoms with Crippen LogP contribution in [0, 0.1) is 0 Å². The lowest BCUT2D eigenvalue weighted by Crippen LogP contribution is -2.25. The summed E-state index contributed by atoms with van der Waals surface area (Å²) in [5.74, 6) is -0.181. The Hall–Kier alpha value is -3.16. The fraction of sp³-hybridized carbons (Fsp3) is 0.0526. The predicted molar refractivity (Wildman–Crippen MR) is 106 cm³/mol. The quantitative estimate of drug-likeness (QED) is 0.627. The predicted octanol–water partition coefficient (Wildman–Crippen LogP) is 4.42. The summed E-state index contributed by atoms with van der Waals surface area (Å²) in [6, 6.07) is 11.2. The van der Waals surface area contributed by atoms with Gasteiger partial charge >= 0.3 is 0 Å². The van der Waals surface area contributed by atoms with Gasteiger partial charge in [-0.3, -0.25) is 9.59 Å². The highest BCUT2D eigenvalue weighted by Gasteiger charge is 2.27. The number of hydrogen-bond acceptors (Lipinski definition) is 5. The summed E-state index contributed by atoms with van der Waals surface area (Å²) >= 11 is 11.9. The van der Waals surface area contributed by atoms with E-state index in [0.717, 1.165) is 0 Å². The molecule has 140 valence electrons. The van der Waals surface area contributed by atoms with Gasteiger partial charge in [-0.25, -0.2) is 9.97 Å². The smallest absolute Gasteiger partial charge is 0.275 e. The van der Waals surface area contributed by atoms with Gasteiger partial charge in [-0.15, -0.1) is 0 Å². The van der Waals surface area contributed by atoms with Crippen LogP contribution in [0.25, 0.3) is 0 Å². The van der Waals surface area contributed by atoms with Crippen molar-refractivity contribution in [2.45, 2.75) is 0 Å². The van der Waals surface area contributed by atoms with E-state index >= 15 is 0 Å². The summed E-state index contributed by atoms with van der Waals surface area (Å²) < 4.78 is 5.79. The van der Waals surface area contributed by atoms with Gasteiger partial charge in [0.15, 0.2) is 0 Å². The Morgan fingerprint density at radius 1 is 1.18 bits per heavy atom. The Morgan fingerprint density at radius 3 is 2.82 bits per heavy atom. The lowest BCUT2D eigenvalue weighted by Gasteiger charge is -2.15. The topological polar surface area (TPSA) is 84.4 Å². The van der Waals surface area contributed by atoms with Crippen molar-refractivity contribution in [3.05, 3.63) is 70.1 Å². The monoisotopic (exact) mass is 414 g/mol. The largest absolute Gasteiger partial charge is 0.436 e. The van der Waals surface area contributed by atoms with Crippen molar-refractivity contribution in [2.75, 3.05) is 17.3 Å². The number of aromatic nitrogens is 2. The van der Waals surface area contributed by atoms with Crippen LogP contribution in [0.1, 0.15) is 20.8 Å². The Balaban J connectivity index is 1.67. The molecule has 0 fully saturated rings. The van der Waals surface area contributed by atoms with Crippen molar-refractivity contribution in [2.24, 2.45) is 0 Å². The third kappa shape index (κ3) is 3.26. The summed E-state index contributed by atoms with van der Waals surface area (Å²) in [7, 11) is 1.63. The van der Waals surface area contributed by atoms with Gasteiger partial charge in [-0.05, 0) is 42.5 Å². The van der Waals surface area contributed by atoms with Gasteiger partial charge in [0.2, 0.25) is 5.88 Å². The second-order valence-corrected chi connectivity index (χ2v) is 6.72. The van der Waals surface area contributed by atoms with Gasteiger partial charge in [0.25, 0.3) is 11.8 Å². The van der Waals surface area contributed by atoms with Crippen LogP contribution in [-0.2, 0) is 0 Å². The Kier molecular flexibility index (Phi) is 4.62. The molecule has 0 unspecified atom stereocenters. The SMILES string of the molecule is CN1C(=O)c2cc(NC(=O)c3nc(Cl)ccc3Cl)ccc2Oc2ncccc21. The molecule has 1 N–H and O–H groups in total. The second kappa shape index (κ2) is 7.10. The van der Waals surface area contributed by atoms with Crippen molar-refractivity contribution in [1.82, 2.24) is 9.97 Å². The van der Waals surface area contributed by atoms with E-state index < -0.39 is 5.91 Å². The molecule has 0 atom stereocenters. The van der Waals surface area contributed by atoms with E-state index in [1.165, 1.54) is 23.1 Å². The summed E-state index contributed by atoms with van der Waals surface area (Å²) in [6.07, 6.45) is 1.58. The van der Waals surface area contributed by atoms with Gasteiger partial charge in [0.1, 0.15) is 22.3 Å². The van der Waals surface area contributed by atoms with Gasteiger partial charge in [-0.1, -0.05) is 23.2 Å². The molecule has 1 aliphatic heterocycles. The molecule has 3 heterocycles. The number of fused-ring (bicyclic) bond motifs is 2. The third-order valence-electron chi connectivity index (χ3n) is 4.12. The van der Waals surface area contributed by atoms with E-state index in [-0.39, 0.29) is 27.3 Å². The molecule has 2 aromatic heterocycles. The minimum absolute atomic E-state index is 0.0135. The van der Waals surface area contributed by atoms with Crippen molar-refractivity contribution in [3.8, 4) is 11.6 Å². The van der Waals surface area contributed by atoms with Crippen molar-refractivity contribution >= 4 is 46.4 Å².